The molecule has 1 aliphatic rings. The van der Waals surface area contributed by atoms with Crippen molar-refractivity contribution >= 4 is 29.9 Å². The predicted octanol–water partition coefficient (Wildman–Crippen LogP) is 2.96. The summed E-state index contributed by atoms with van der Waals surface area (Å²) in [5.41, 5.74) is 1.92. The van der Waals surface area contributed by atoms with Crippen molar-refractivity contribution < 1.29 is 9.84 Å². The molecule has 0 bridgehead atoms. The van der Waals surface area contributed by atoms with Crippen molar-refractivity contribution in [1.29, 1.82) is 0 Å². The van der Waals surface area contributed by atoms with Crippen LogP contribution in [0.1, 0.15) is 37.1 Å². The third kappa shape index (κ3) is 8.27. The van der Waals surface area contributed by atoms with Gasteiger partial charge in [-0.3, -0.25) is 14.9 Å². The highest BCUT2D eigenvalue weighted by atomic mass is 127. The Morgan fingerprint density at radius 3 is 2.74 bits per heavy atom. The molecule has 170 valence electrons. The van der Waals surface area contributed by atoms with Gasteiger partial charge in [0.15, 0.2) is 5.96 Å². The number of aromatic nitrogens is 1. The Bertz CT molecular complexity index is 798. The first-order valence-corrected chi connectivity index (χ1v) is 10.7. The molecule has 1 fully saturated rings. The highest BCUT2D eigenvalue weighted by molar-refractivity contribution is 14.0. The second-order valence-corrected chi connectivity index (χ2v) is 7.53. The average Bonchev–Trinajstić information content (AvgIpc) is 2.79. The Morgan fingerprint density at radius 2 is 2.06 bits per heavy atom. The fraction of sp³-hybridized carbons (Fsp3) is 0.478. The standard InChI is InChI=1S/C23H33N5O2.HI/c1-3-24-23(26-16-22(29)18-7-6-9-21(15-18)30-2)27-19-10-13-28(14-11-19)17-20-8-4-5-12-25-20;/h4-9,12,15,19,22,29H,3,10-11,13-14,16-17H2,1-2H3,(H2,24,26,27);1H. The van der Waals surface area contributed by atoms with Gasteiger partial charge < -0.3 is 20.5 Å². The van der Waals surface area contributed by atoms with Gasteiger partial charge in [-0.05, 0) is 49.6 Å². The number of pyridine rings is 1. The number of nitrogens with zero attached hydrogens (tertiary/aromatic N) is 3. The van der Waals surface area contributed by atoms with Gasteiger partial charge in [0.05, 0.1) is 25.5 Å². The van der Waals surface area contributed by atoms with Crippen molar-refractivity contribution in [2.75, 3.05) is 33.3 Å². The first-order chi connectivity index (χ1) is 14.7. The highest BCUT2D eigenvalue weighted by Gasteiger charge is 2.20. The van der Waals surface area contributed by atoms with Crippen LogP contribution in [-0.4, -0.2) is 60.3 Å². The van der Waals surface area contributed by atoms with Crippen molar-refractivity contribution in [3.05, 3.63) is 59.9 Å². The van der Waals surface area contributed by atoms with Gasteiger partial charge in [0.2, 0.25) is 0 Å². The molecule has 0 radical (unpaired) electrons. The Kier molecular flexibility index (Phi) is 11.0. The first kappa shape index (κ1) is 25.4. The lowest BCUT2D eigenvalue weighted by atomic mass is 10.0. The summed E-state index contributed by atoms with van der Waals surface area (Å²) in [5, 5.41) is 17.3. The first-order valence-electron chi connectivity index (χ1n) is 10.7. The Labute approximate surface area is 202 Å². The predicted molar refractivity (Wildman–Crippen MR) is 135 cm³/mol. The number of nitrogens with one attached hydrogen (secondary N) is 2. The van der Waals surface area contributed by atoms with Crippen molar-refractivity contribution in [2.24, 2.45) is 4.99 Å². The number of aliphatic hydroxyl groups excluding tert-OH is 1. The van der Waals surface area contributed by atoms with Crippen molar-refractivity contribution in [1.82, 2.24) is 20.5 Å². The third-order valence-corrected chi connectivity index (χ3v) is 5.29. The van der Waals surface area contributed by atoms with E-state index in [2.05, 4.69) is 31.6 Å². The van der Waals surface area contributed by atoms with Gasteiger partial charge in [-0.2, -0.15) is 0 Å². The van der Waals surface area contributed by atoms with Crippen LogP contribution >= 0.6 is 24.0 Å². The molecular weight excluding hydrogens is 505 g/mol. The Hall–Kier alpha value is -1.91. The number of ether oxygens (including phenoxy) is 1. The van der Waals surface area contributed by atoms with Gasteiger partial charge in [-0.15, -0.1) is 24.0 Å². The van der Waals surface area contributed by atoms with Crippen LogP contribution in [-0.2, 0) is 6.54 Å². The molecule has 1 saturated heterocycles. The molecule has 8 heteroatoms. The SMILES string of the molecule is CCNC(=NCC(O)c1cccc(OC)c1)NC1CCN(Cc2ccccn2)CC1.I. The number of rotatable bonds is 8. The number of guanidine groups is 1. The molecule has 7 nitrogen and oxygen atoms in total. The molecule has 0 spiro atoms. The summed E-state index contributed by atoms with van der Waals surface area (Å²) in [7, 11) is 1.62. The molecule has 0 amide bonds. The van der Waals surface area contributed by atoms with Gasteiger partial charge in [0.1, 0.15) is 5.75 Å². The van der Waals surface area contributed by atoms with Crippen LogP contribution in [0.25, 0.3) is 0 Å². The van der Waals surface area contributed by atoms with E-state index in [4.69, 9.17) is 4.74 Å². The van der Waals surface area contributed by atoms with Crippen LogP contribution in [0, 0.1) is 0 Å². The highest BCUT2D eigenvalue weighted by Crippen LogP contribution is 2.19. The smallest absolute Gasteiger partial charge is 0.191 e. The number of benzene rings is 1. The molecule has 1 aromatic carbocycles. The van der Waals surface area contributed by atoms with E-state index in [9.17, 15) is 5.11 Å². The summed E-state index contributed by atoms with van der Waals surface area (Å²) in [5.74, 6) is 1.49. The zero-order chi connectivity index (χ0) is 21.2. The van der Waals surface area contributed by atoms with Crippen LogP contribution in [0.2, 0.25) is 0 Å². The summed E-state index contributed by atoms with van der Waals surface area (Å²) in [6.45, 7) is 6.07. The largest absolute Gasteiger partial charge is 0.497 e. The van der Waals surface area contributed by atoms with Gasteiger partial charge >= 0.3 is 0 Å². The van der Waals surface area contributed by atoms with E-state index in [0.29, 0.717) is 12.6 Å². The fourth-order valence-electron chi connectivity index (χ4n) is 3.60. The molecule has 1 atom stereocenters. The molecule has 0 aliphatic carbocycles. The molecule has 3 N–H and O–H groups in total. The summed E-state index contributed by atoms with van der Waals surface area (Å²) >= 11 is 0. The van der Waals surface area contributed by atoms with E-state index >= 15 is 0 Å². The molecule has 0 saturated carbocycles. The van der Waals surface area contributed by atoms with E-state index < -0.39 is 6.10 Å². The number of aliphatic hydroxyl groups is 1. The molecule has 1 aromatic heterocycles. The maximum absolute atomic E-state index is 10.5. The van der Waals surface area contributed by atoms with Crippen LogP contribution in [0.15, 0.2) is 53.7 Å². The van der Waals surface area contributed by atoms with Gasteiger partial charge in [-0.25, -0.2) is 0 Å². The number of aliphatic imine (C=N–C) groups is 1. The summed E-state index contributed by atoms with van der Waals surface area (Å²) in [6, 6.07) is 13.9. The molecule has 2 heterocycles. The molecular formula is C23H34IN5O2. The molecule has 31 heavy (non-hydrogen) atoms. The van der Waals surface area contributed by atoms with Crippen molar-refractivity contribution in [2.45, 2.75) is 38.5 Å². The lowest BCUT2D eigenvalue weighted by Gasteiger charge is -2.32. The monoisotopic (exact) mass is 539 g/mol. The van der Waals surface area contributed by atoms with Crippen LogP contribution < -0.4 is 15.4 Å². The van der Waals surface area contributed by atoms with E-state index in [0.717, 1.165) is 62.0 Å². The zero-order valence-electron chi connectivity index (χ0n) is 18.3. The topological polar surface area (TPSA) is 82.0 Å². The molecule has 1 unspecified atom stereocenters. The summed E-state index contributed by atoms with van der Waals surface area (Å²) in [4.78, 5) is 11.5. The van der Waals surface area contributed by atoms with E-state index in [-0.39, 0.29) is 24.0 Å². The number of halogens is 1. The number of likely N-dealkylation sites (tertiary alicyclic amines) is 1. The van der Waals surface area contributed by atoms with E-state index in [1.54, 1.807) is 7.11 Å². The molecule has 2 aromatic rings. The summed E-state index contributed by atoms with van der Waals surface area (Å²) in [6.07, 6.45) is 3.28. The maximum atomic E-state index is 10.5. The number of hydrogen-bond acceptors (Lipinski definition) is 5. The maximum Gasteiger partial charge on any atom is 0.191 e. The normalized spacial score (nSPS) is 16.3. The van der Waals surface area contributed by atoms with Gasteiger partial charge in [-0.1, -0.05) is 18.2 Å². The number of piperidine rings is 1. The van der Waals surface area contributed by atoms with Gasteiger partial charge in [0.25, 0.3) is 0 Å². The summed E-state index contributed by atoms with van der Waals surface area (Å²) < 4.78 is 5.24. The van der Waals surface area contributed by atoms with E-state index in [1.807, 2.05) is 49.5 Å². The van der Waals surface area contributed by atoms with Crippen molar-refractivity contribution in [3.8, 4) is 5.75 Å². The number of hydrogen-bond donors (Lipinski definition) is 3. The second kappa shape index (κ2) is 13.5. The average molecular weight is 539 g/mol. The van der Waals surface area contributed by atoms with Crippen LogP contribution in [0.4, 0.5) is 0 Å². The number of methoxy groups -OCH3 is 1. The Balaban J connectivity index is 0.00000341. The third-order valence-electron chi connectivity index (χ3n) is 5.29. The Morgan fingerprint density at radius 1 is 1.26 bits per heavy atom. The van der Waals surface area contributed by atoms with Crippen molar-refractivity contribution in [3.63, 3.8) is 0 Å². The minimum atomic E-state index is -0.671. The lowest BCUT2D eigenvalue weighted by molar-refractivity contribution is 0.185. The second-order valence-electron chi connectivity index (χ2n) is 7.53. The molecule has 3 rings (SSSR count). The molecule has 1 aliphatic heterocycles. The van der Waals surface area contributed by atoms with Crippen LogP contribution in [0.5, 0.6) is 5.75 Å². The minimum absolute atomic E-state index is 0. The quantitative estimate of drug-likeness (QED) is 0.272. The van der Waals surface area contributed by atoms with Crippen LogP contribution in [0.3, 0.4) is 0 Å². The fourth-order valence-corrected chi connectivity index (χ4v) is 3.60. The minimum Gasteiger partial charge on any atom is -0.497 e. The zero-order valence-corrected chi connectivity index (χ0v) is 20.7. The lowest BCUT2D eigenvalue weighted by Crippen LogP contribution is -2.48. The van der Waals surface area contributed by atoms with Gasteiger partial charge in [0, 0.05) is 38.4 Å². The van der Waals surface area contributed by atoms with E-state index in [1.165, 1.54) is 0 Å².